The average molecular weight is 1160 g/mol. The van der Waals surface area contributed by atoms with Crippen molar-refractivity contribution in [2.75, 3.05) is 9.80 Å². The lowest BCUT2D eigenvalue weighted by atomic mass is 9.65. The quantitative estimate of drug-likeness (QED) is 0.152. The Labute approximate surface area is 524 Å². The number of hydrogen-bond acceptors (Lipinski definition) is 4. The lowest BCUT2D eigenvalue weighted by Gasteiger charge is -2.40. The maximum Gasteiger partial charge on any atom is 0.159 e. The van der Waals surface area contributed by atoms with E-state index < -0.39 is 5.41 Å². The third-order valence-electron chi connectivity index (χ3n) is 21.6. The Bertz CT molecular complexity index is 5470. The second kappa shape index (κ2) is 20.0. The van der Waals surface area contributed by atoms with Crippen molar-refractivity contribution in [1.82, 2.24) is 4.57 Å². The Balaban J connectivity index is 0.919. The van der Waals surface area contributed by atoms with E-state index in [1.54, 1.807) is 0 Å². The van der Waals surface area contributed by atoms with E-state index >= 15 is 0 Å². The first-order chi connectivity index (χ1) is 44.5. The number of furan rings is 2. The summed E-state index contributed by atoms with van der Waals surface area (Å²) in [4.78, 5) is 5.05. The smallest absolute Gasteiger partial charge is 0.159 e. The molecule has 3 aliphatic carbocycles. The fourth-order valence-electron chi connectivity index (χ4n) is 17.7. The van der Waals surface area contributed by atoms with Gasteiger partial charge in [0, 0.05) is 54.8 Å². The molecule has 5 nitrogen and oxygen atoms in total. The van der Waals surface area contributed by atoms with Crippen molar-refractivity contribution in [3.05, 3.63) is 281 Å². The van der Waals surface area contributed by atoms with Gasteiger partial charge in [-0.2, -0.15) is 0 Å². The van der Waals surface area contributed by atoms with Crippen LogP contribution in [0, 0.1) is 13.8 Å². The molecule has 0 bridgehead atoms. The molecule has 4 aliphatic rings. The first kappa shape index (κ1) is 51.9. The fourth-order valence-corrected chi connectivity index (χ4v) is 17.7. The average Bonchev–Trinajstić information content (AvgIpc) is 1.52. The van der Waals surface area contributed by atoms with Crippen molar-refractivity contribution in [3.8, 4) is 16.8 Å². The van der Waals surface area contributed by atoms with E-state index in [1.165, 1.54) is 169 Å². The molecule has 3 aromatic heterocycles. The Hall–Kier alpha value is -10.1. The van der Waals surface area contributed by atoms with Gasteiger partial charge in [-0.15, -0.1) is 0 Å². The first-order valence-electron chi connectivity index (χ1n) is 33.0. The molecular formula is C85H67N3O2. The summed E-state index contributed by atoms with van der Waals surface area (Å²) in [6, 6.07) is 89.8. The van der Waals surface area contributed by atoms with E-state index in [9.17, 15) is 0 Å². The minimum atomic E-state index is -0.824. The second-order valence-corrected chi connectivity index (χ2v) is 26.3. The molecule has 15 aromatic rings. The predicted molar refractivity (Wildman–Crippen MR) is 374 cm³/mol. The highest BCUT2D eigenvalue weighted by Gasteiger charge is 2.52. The van der Waals surface area contributed by atoms with Crippen molar-refractivity contribution in [2.45, 2.75) is 95.3 Å². The van der Waals surface area contributed by atoms with E-state index in [4.69, 9.17) is 8.83 Å². The van der Waals surface area contributed by atoms with Crippen LogP contribution in [0.2, 0.25) is 0 Å². The zero-order valence-corrected chi connectivity index (χ0v) is 50.9. The molecule has 434 valence electrons. The Morgan fingerprint density at radius 1 is 0.356 bits per heavy atom. The van der Waals surface area contributed by atoms with Crippen LogP contribution in [0.3, 0.4) is 0 Å². The minimum Gasteiger partial charge on any atom is -0.454 e. The molecule has 5 heteroatoms. The number of para-hydroxylation sites is 9. The highest BCUT2D eigenvalue weighted by molar-refractivity contribution is 6.18. The van der Waals surface area contributed by atoms with Gasteiger partial charge in [0.05, 0.1) is 39.2 Å². The number of anilines is 6. The number of benzene rings is 12. The summed E-state index contributed by atoms with van der Waals surface area (Å²) in [5.41, 5.74) is 25.7. The van der Waals surface area contributed by atoms with E-state index in [0.29, 0.717) is 11.8 Å². The van der Waals surface area contributed by atoms with E-state index in [-0.39, 0.29) is 0 Å². The number of rotatable bonds is 8. The van der Waals surface area contributed by atoms with Crippen molar-refractivity contribution in [1.29, 1.82) is 0 Å². The van der Waals surface area contributed by atoms with Gasteiger partial charge in [-0.25, -0.2) is 0 Å². The third-order valence-corrected chi connectivity index (χ3v) is 21.6. The van der Waals surface area contributed by atoms with Crippen LogP contribution in [-0.4, -0.2) is 4.57 Å². The van der Waals surface area contributed by atoms with E-state index in [1.807, 2.05) is 0 Å². The van der Waals surface area contributed by atoms with Gasteiger partial charge < -0.3 is 23.2 Å². The maximum atomic E-state index is 7.49. The number of aromatic nitrogens is 1. The highest BCUT2D eigenvalue weighted by Crippen LogP contribution is 2.65. The van der Waals surface area contributed by atoms with Gasteiger partial charge in [0.15, 0.2) is 11.2 Å². The lowest BCUT2D eigenvalue weighted by Crippen LogP contribution is -2.33. The highest BCUT2D eigenvalue weighted by atomic mass is 16.3. The molecule has 1 aliphatic heterocycles. The summed E-state index contributed by atoms with van der Waals surface area (Å²) in [5.74, 6) is 0.981. The maximum absolute atomic E-state index is 7.49. The third kappa shape index (κ3) is 7.26. The van der Waals surface area contributed by atoms with Crippen molar-refractivity contribution >= 4 is 111 Å². The molecular weight excluding hydrogens is 1090 g/mol. The second-order valence-electron chi connectivity index (χ2n) is 26.3. The van der Waals surface area contributed by atoms with E-state index in [0.717, 1.165) is 67.2 Å². The van der Waals surface area contributed by atoms with Gasteiger partial charge in [0.2, 0.25) is 0 Å². The van der Waals surface area contributed by atoms with Crippen molar-refractivity contribution < 1.29 is 8.83 Å². The zero-order chi connectivity index (χ0) is 59.3. The molecule has 0 saturated heterocycles. The summed E-state index contributed by atoms with van der Waals surface area (Å²) in [6.07, 6.45) is 12.5. The van der Waals surface area contributed by atoms with Crippen LogP contribution in [0.4, 0.5) is 34.1 Å². The Morgan fingerprint density at radius 3 is 1.50 bits per heavy atom. The van der Waals surface area contributed by atoms with Gasteiger partial charge in [-0.1, -0.05) is 221 Å². The Morgan fingerprint density at radius 2 is 0.844 bits per heavy atom. The van der Waals surface area contributed by atoms with Crippen LogP contribution in [0.1, 0.15) is 121 Å². The summed E-state index contributed by atoms with van der Waals surface area (Å²) in [5, 5.41) is 9.54. The minimum absolute atomic E-state index is 0.487. The molecule has 90 heavy (non-hydrogen) atoms. The van der Waals surface area contributed by atoms with Crippen molar-refractivity contribution in [3.63, 3.8) is 0 Å². The van der Waals surface area contributed by atoms with Crippen LogP contribution >= 0.6 is 0 Å². The molecule has 2 saturated carbocycles. The zero-order valence-electron chi connectivity index (χ0n) is 50.9. The molecule has 12 aromatic carbocycles. The standard InChI is InChI=1S/C85H67N3O2/c1-52-24-9-15-42-72(52)86(76-46-22-38-65-63-36-19-33-57(81(63)89-83(65)76)54-26-5-3-6-27-54)56-48-49-67-70(50-56)85(68-40-14-18-45-75(68)88-74-44-17-13-31-60(74)62-35-21-41-69(85)80(62)88)71-51-78(59-30-11-12-32-61(59)79(67)71)87(73-43-16-10-25-53(73)2)77-47-23-39-66-64-37-20-34-58(82(64)90-84(66)77)55-28-7-4-8-29-55/h9-25,30-51,54-55H,3-8,26-29H2,1-2H3. The monoisotopic (exact) mass is 1160 g/mol. The Kier molecular flexibility index (Phi) is 11.5. The van der Waals surface area contributed by atoms with Crippen LogP contribution in [0.15, 0.2) is 245 Å². The first-order valence-corrected chi connectivity index (χ1v) is 33.0. The largest absolute Gasteiger partial charge is 0.454 e. The molecule has 1 unspecified atom stereocenters. The molecule has 0 amide bonds. The molecule has 0 N–H and O–H groups in total. The van der Waals surface area contributed by atoms with Crippen LogP contribution in [-0.2, 0) is 5.41 Å². The number of nitrogens with zero attached hydrogens (tertiary/aromatic N) is 3. The lowest BCUT2D eigenvalue weighted by molar-refractivity contribution is 0.442. The van der Waals surface area contributed by atoms with Crippen molar-refractivity contribution in [2.24, 2.45) is 0 Å². The molecule has 19 rings (SSSR count). The predicted octanol–water partition coefficient (Wildman–Crippen LogP) is 24.1. The van der Waals surface area contributed by atoms with Crippen LogP contribution < -0.4 is 9.80 Å². The summed E-state index contributed by atoms with van der Waals surface area (Å²) in [7, 11) is 0. The fraction of sp³-hybridized carbons (Fsp3) is 0.176. The van der Waals surface area contributed by atoms with Gasteiger partial charge in [0.25, 0.3) is 0 Å². The molecule has 0 radical (unpaired) electrons. The van der Waals surface area contributed by atoms with Gasteiger partial charge in [-0.05, 0) is 167 Å². The number of fused-ring (bicyclic) bond motifs is 20. The summed E-state index contributed by atoms with van der Waals surface area (Å²) in [6.45, 7) is 4.51. The number of hydrogen-bond donors (Lipinski definition) is 0. The normalized spacial score (nSPS) is 16.5. The van der Waals surface area contributed by atoms with Gasteiger partial charge in [0.1, 0.15) is 11.2 Å². The number of aryl methyl sites for hydroxylation is 2. The molecule has 2 fully saturated rings. The molecule has 1 spiro atoms. The van der Waals surface area contributed by atoms with E-state index in [2.05, 4.69) is 265 Å². The molecule has 4 heterocycles. The summed E-state index contributed by atoms with van der Waals surface area (Å²) >= 11 is 0. The topological polar surface area (TPSA) is 37.7 Å². The van der Waals surface area contributed by atoms with Gasteiger partial charge >= 0.3 is 0 Å². The van der Waals surface area contributed by atoms with Crippen LogP contribution in [0.5, 0.6) is 0 Å². The van der Waals surface area contributed by atoms with Crippen LogP contribution in [0.25, 0.3) is 93.3 Å². The van der Waals surface area contributed by atoms with Gasteiger partial charge in [-0.3, -0.25) is 0 Å². The molecule has 1 atom stereocenters. The SMILES string of the molecule is Cc1ccccc1N(c1ccc2c(c1)C1(c3ccccc3-n3c4ccccc4c4cccc1c43)c1cc(N(c3ccccc3C)c3cccc4c3oc3c(C5CCCCC5)cccc34)c3ccccc3c1-2)c1cccc2c1oc1c(C3CCCCC3)cccc12. The summed E-state index contributed by atoms with van der Waals surface area (Å²) < 4.78 is 17.5.